The largest absolute Gasteiger partial charge is 0.463 e. The van der Waals surface area contributed by atoms with Gasteiger partial charge in [-0.25, -0.2) is 4.98 Å². The number of furan rings is 1. The number of nitro benzene ring substituents is 1. The summed E-state index contributed by atoms with van der Waals surface area (Å²) in [6.45, 7) is 1.98. The number of non-ortho nitro benzene ring substituents is 1. The summed E-state index contributed by atoms with van der Waals surface area (Å²) in [6, 6.07) is 14.6. The van der Waals surface area contributed by atoms with Crippen molar-refractivity contribution in [2.24, 2.45) is 5.10 Å². The number of nitrogens with zero attached hydrogens (tertiary/aromatic N) is 4. The second-order valence-corrected chi connectivity index (χ2v) is 7.16. The molecule has 2 aromatic carbocycles. The average molecular weight is 406 g/mol. The lowest BCUT2D eigenvalue weighted by Gasteiger charge is -2.13. The summed E-state index contributed by atoms with van der Waals surface area (Å²) in [4.78, 5) is 28.0. The van der Waals surface area contributed by atoms with Gasteiger partial charge in [-0.05, 0) is 48.9 Å². The number of hydrogen-bond donors (Lipinski definition) is 0. The van der Waals surface area contributed by atoms with Crippen molar-refractivity contribution in [3.63, 3.8) is 0 Å². The molecule has 0 N–H and O–H groups in total. The van der Waals surface area contributed by atoms with E-state index >= 15 is 0 Å². The molecule has 0 spiro atoms. The van der Waals surface area contributed by atoms with E-state index in [9.17, 15) is 14.9 Å². The third-order valence-corrected chi connectivity index (χ3v) is 5.07. The molecular weight excluding hydrogens is 392 g/mol. The molecule has 2 aromatic heterocycles. The summed E-state index contributed by atoms with van der Waals surface area (Å²) in [5.74, 6) is 0.0157. The van der Waals surface area contributed by atoms with Crippen LogP contribution in [0.2, 0.25) is 0 Å². The van der Waals surface area contributed by atoms with Crippen LogP contribution in [-0.2, 0) is 0 Å². The van der Waals surface area contributed by atoms with E-state index < -0.39 is 10.8 Å². The first-order valence-corrected chi connectivity index (χ1v) is 9.36. The molecule has 4 aromatic rings. The minimum Gasteiger partial charge on any atom is -0.463 e. The number of rotatable bonds is 5. The zero-order valence-corrected chi connectivity index (χ0v) is 16.0. The molecule has 0 bridgehead atoms. The molecule has 1 amide bonds. The zero-order valence-electron chi connectivity index (χ0n) is 15.2. The van der Waals surface area contributed by atoms with Crippen molar-refractivity contribution >= 4 is 44.5 Å². The summed E-state index contributed by atoms with van der Waals surface area (Å²) in [5.41, 5.74) is 2.00. The van der Waals surface area contributed by atoms with Gasteiger partial charge in [0.1, 0.15) is 5.76 Å². The third kappa shape index (κ3) is 3.90. The number of aromatic nitrogens is 1. The number of thiazole rings is 1. The van der Waals surface area contributed by atoms with E-state index in [4.69, 9.17) is 4.42 Å². The first kappa shape index (κ1) is 18.5. The molecule has 2 heterocycles. The van der Waals surface area contributed by atoms with E-state index in [2.05, 4.69) is 10.1 Å². The number of benzene rings is 2. The predicted octanol–water partition coefficient (Wildman–Crippen LogP) is 4.79. The minimum atomic E-state index is -0.517. The van der Waals surface area contributed by atoms with Gasteiger partial charge in [-0.2, -0.15) is 10.1 Å². The molecule has 0 saturated carbocycles. The van der Waals surface area contributed by atoms with E-state index in [1.807, 2.05) is 25.1 Å². The first-order chi connectivity index (χ1) is 14.0. The van der Waals surface area contributed by atoms with Crippen LogP contribution >= 0.6 is 11.3 Å². The second kappa shape index (κ2) is 7.64. The Morgan fingerprint density at radius 3 is 2.72 bits per heavy atom. The van der Waals surface area contributed by atoms with Crippen LogP contribution < -0.4 is 5.01 Å². The number of carbonyl (C=O) groups is 1. The highest BCUT2D eigenvalue weighted by atomic mass is 32.1. The molecule has 8 nitrogen and oxygen atoms in total. The molecule has 0 fully saturated rings. The molecule has 9 heteroatoms. The van der Waals surface area contributed by atoms with Crippen molar-refractivity contribution < 1.29 is 14.1 Å². The Bertz CT molecular complexity index is 1210. The van der Waals surface area contributed by atoms with Gasteiger partial charge in [0.25, 0.3) is 11.6 Å². The Morgan fingerprint density at radius 2 is 2.03 bits per heavy atom. The van der Waals surface area contributed by atoms with Crippen LogP contribution in [-0.4, -0.2) is 22.0 Å². The number of fused-ring (bicyclic) bond motifs is 1. The molecule has 0 radical (unpaired) electrons. The number of hydrazone groups is 1. The quantitative estimate of drug-likeness (QED) is 0.269. The lowest BCUT2D eigenvalue weighted by atomic mass is 10.2. The Hall–Kier alpha value is -3.85. The van der Waals surface area contributed by atoms with E-state index in [-0.39, 0.29) is 11.3 Å². The molecular formula is C20H14N4O4S. The monoisotopic (exact) mass is 406 g/mol. The maximum atomic E-state index is 13.1. The Morgan fingerprint density at radius 1 is 1.24 bits per heavy atom. The summed E-state index contributed by atoms with van der Waals surface area (Å²) in [6.07, 6.45) is 2.92. The van der Waals surface area contributed by atoms with Gasteiger partial charge < -0.3 is 4.42 Å². The molecule has 0 aliphatic heterocycles. The van der Waals surface area contributed by atoms with Crippen LogP contribution in [0.25, 0.3) is 10.2 Å². The van der Waals surface area contributed by atoms with Gasteiger partial charge in [0.05, 0.1) is 27.6 Å². The van der Waals surface area contributed by atoms with Crippen molar-refractivity contribution in [2.75, 3.05) is 5.01 Å². The highest BCUT2D eigenvalue weighted by molar-refractivity contribution is 7.22. The van der Waals surface area contributed by atoms with Gasteiger partial charge in [-0.3, -0.25) is 14.9 Å². The van der Waals surface area contributed by atoms with Crippen LogP contribution in [0.1, 0.15) is 21.7 Å². The number of nitro groups is 1. The number of amides is 1. The lowest BCUT2D eigenvalue weighted by molar-refractivity contribution is -0.384. The van der Waals surface area contributed by atoms with Gasteiger partial charge in [0.15, 0.2) is 0 Å². The predicted molar refractivity (Wildman–Crippen MR) is 111 cm³/mol. The van der Waals surface area contributed by atoms with Gasteiger partial charge in [0.2, 0.25) is 5.13 Å². The van der Waals surface area contributed by atoms with E-state index in [0.29, 0.717) is 10.9 Å². The summed E-state index contributed by atoms with van der Waals surface area (Å²) >= 11 is 1.33. The average Bonchev–Trinajstić information content (AvgIpc) is 3.37. The first-order valence-electron chi connectivity index (χ1n) is 8.55. The van der Waals surface area contributed by atoms with Gasteiger partial charge in [0, 0.05) is 17.7 Å². The SMILES string of the molecule is Cc1ccc2nc(N(/N=C/c3ccco3)C(=O)c3ccc([N+](=O)[O-])cc3)sc2c1. The highest BCUT2D eigenvalue weighted by Gasteiger charge is 2.22. The number of hydrogen-bond acceptors (Lipinski definition) is 7. The zero-order chi connectivity index (χ0) is 20.4. The number of aryl methyl sites for hydroxylation is 1. The molecule has 0 aliphatic carbocycles. The van der Waals surface area contributed by atoms with Crippen LogP contribution in [0.4, 0.5) is 10.8 Å². The smallest absolute Gasteiger partial charge is 0.280 e. The molecule has 0 unspecified atom stereocenters. The molecule has 4 rings (SSSR count). The lowest BCUT2D eigenvalue weighted by Crippen LogP contribution is -2.25. The normalized spacial score (nSPS) is 11.2. The standard InChI is InChI=1S/C20H14N4O4S/c1-13-4-9-17-18(11-13)29-20(22-17)23(21-12-16-3-2-10-28-16)19(25)14-5-7-15(8-6-14)24(26)27/h2-12H,1H3/b21-12+. The molecule has 0 saturated heterocycles. The summed E-state index contributed by atoms with van der Waals surface area (Å²) in [5, 5.41) is 16.7. The van der Waals surface area contributed by atoms with Crippen molar-refractivity contribution in [3.8, 4) is 0 Å². The highest BCUT2D eigenvalue weighted by Crippen LogP contribution is 2.31. The van der Waals surface area contributed by atoms with Crippen molar-refractivity contribution in [1.29, 1.82) is 0 Å². The Labute approximate surface area is 168 Å². The van der Waals surface area contributed by atoms with E-state index in [1.54, 1.807) is 12.1 Å². The Kier molecular flexibility index (Phi) is 4.88. The Balaban J connectivity index is 1.74. The fourth-order valence-electron chi connectivity index (χ4n) is 2.63. The van der Waals surface area contributed by atoms with Crippen molar-refractivity contribution in [1.82, 2.24) is 4.98 Å². The van der Waals surface area contributed by atoms with Crippen LogP contribution in [0.3, 0.4) is 0 Å². The maximum absolute atomic E-state index is 13.1. The minimum absolute atomic E-state index is 0.0948. The van der Waals surface area contributed by atoms with Gasteiger partial charge in [-0.1, -0.05) is 17.4 Å². The van der Waals surface area contributed by atoms with Crippen LogP contribution in [0.5, 0.6) is 0 Å². The van der Waals surface area contributed by atoms with Crippen molar-refractivity contribution in [2.45, 2.75) is 6.92 Å². The van der Waals surface area contributed by atoms with Crippen LogP contribution in [0, 0.1) is 17.0 Å². The fraction of sp³-hybridized carbons (Fsp3) is 0.0500. The number of anilines is 1. The molecule has 29 heavy (non-hydrogen) atoms. The fourth-order valence-corrected chi connectivity index (χ4v) is 3.65. The van der Waals surface area contributed by atoms with Crippen molar-refractivity contribution in [3.05, 3.63) is 87.9 Å². The third-order valence-electron chi connectivity index (χ3n) is 4.07. The summed E-state index contributed by atoms with van der Waals surface area (Å²) in [7, 11) is 0. The molecule has 144 valence electrons. The van der Waals surface area contributed by atoms with Crippen LogP contribution in [0.15, 0.2) is 70.4 Å². The van der Waals surface area contributed by atoms with E-state index in [1.165, 1.54) is 53.1 Å². The van der Waals surface area contributed by atoms with Gasteiger partial charge in [-0.15, -0.1) is 0 Å². The maximum Gasteiger partial charge on any atom is 0.280 e. The second-order valence-electron chi connectivity index (χ2n) is 6.15. The molecule has 0 atom stereocenters. The topological polar surface area (TPSA) is 102 Å². The van der Waals surface area contributed by atoms with Gasteiger partial charge >= 0.3 is 0 Å². The van der Waals surface area contributed by atoms with E-state index in [0.717, 1.165) is 15.8 Å². The number of carbonyl (C=O) groups excluding carboxylic acids is 1. The molecule has 0 aliphatic rings. The summed E-state index contributed by atoms with van der Waals surface area (Å²) < 4.78 is 6.17.